The molecule has 23 heavy (non-hydrogen) atoms. The molecule has 0 amide bonds. The lowest BCUT2D eigenvalue weighted by Crippen LogP contribution is -2.25. The number of aromatic nitrogens is 2. The maximum absolute atomic E-state index is 9.22. The number of azo groups is 1. The predicted octanol–water partition coefficient (Wildman–Crippen LogP) is 1.59. The molecule has 1 heterocycles. The van der Waals surface area contributed by atoms with Crippen LogP contribution in [0.5, 0.6) is 0 Å². The summed E-state index contributed by atoms with van der Waals surface area (Å²) < 4.78 is 34.8. The molecule has 0 aliphatic carbocycles. The molecule has 1 aromatic heterocycles. The van der Waals surface area contributed by atoms with E-state index in [1.807, 2.05) is 35.6 Å². The Morgan fingerprint density at radius 3 is 2.43 bits per heavy atom. The number of benzene rings is 1. The van der Waals surface area contributed by atoms with Gasteiger partial charge in [0, 0.05) is 10.8 Å². The SMILES string of the molecule is COS(=O)(=O)[O-].Cn1cc[n+](C)c1N=Nc1ccc(N)cc1Cl. The van der Waals surface area contributed by atoms with Crippen LogP contribution in [0.4, 0.5) is 17.3 Å². The summed E-state index contributed by atoms with van der Waals surface area (Å²) in [6.07, 6.45) is 3.80. The van der Waals surface area contributed by atoms with Gasteiger partial charge in [-0.15, -0.1) is 0 Å². The summed E-state index contributed by atoms with van der Waals surface area (Å²) in [4.78, 5) is 0. The van der Waals surface area contributed by atoms with Gasteiger partial charge in [-0.05, 0) is 18.2 Å². The van der Waals surface area contributed by atoms with Crippen molar-refractivity contribution in [1.29, 1.82) is 0 Å². The van der Waals surface area contributed by atoms with Crippen molar-refractivity contribution in [2.24, 2.45) is 24.3 Å². The molecule has 0 spiro atoms. The number of rotatable bonds is 3. The van der Waals surface area contributed by atoms with Gasteiger partial charge >= 0.3 is 5.95 Å². The van der Waals surface area contributed by atoms with Gasteiger partial charge in [0.15, 0.2) is 0 Å². The molecule has 0 atom stereocenters. The Bertz CT molecular complexity index is 784. The Kier molecular flexibility index (Phi) is 6.63. The van der Waals surface area contributed by atoms with Crippen molar-refractivity contribution in [2.45, 2.75) is 0 Å². The van der Waals surface area contributed by atoms with Gasteiger partial charge in [-0.3, -0.25) is 4.18 Å². The van der Waals surface area contributed by atoms with Gasteiger partial charge in [-0.2, -0.15) is 0 Å². The molecule has 0 radical (unpaired) electrons. The van der Waals surface area contributed by atoms with Crippen molar-refractivity contribution in [3.8, 4) is 0 Å². The van der Waals surface area contributed by atoms with E-state index < -0.39 is 10.4 Å². The monoisotopic (exact) mass is 361 g/mol. The Morgan fingerprint density at radius 2 is 2.00 bits per heavy atom. The highest BCUT2D eigenvalue weighted by Crippen LogP contribution is 2.27. The van der Waals surface area contributed by atoms with Gasteiger partial charge in [0.05, 0.1) is 38.6 Å². The van der Waals surface area contributed by atoms with Crippen LogP contribution in [0, 0.1) is 0 Å². The Balaban J connectivity index is 0.000000379. The van der Waals surface area contributed by atoms with E-state index >= 15 is 0 Å². The molecule has 0 saturated heterocycles. The van der Waals surface area contributed by atoms with E-state index in [4.69, 9.17) is 17.3 Å². The van der Waals surface area contributed by atoms with Gasteiger partial charge in [-0.25, -0.2) is 17.6 Å². The zero-order valence-corrected chi connectivity index (χ0v) is 14.2. The smallest absolute Gasteiger partial charge is 0.421 e. The topological polar surface area (TPSA) is 126 Å². The van der Waals surface area contributed by atoms with Crippen molar-refractivity contribution < 1.29 is 21.7 Å². The van der Waals surface area contributed by atoms with Crippen molar-refractivity contribution in [3.63, 3.8) is 0 Å². The number of nitrogens with two attached hydrogens (primary N) is 1. The number of hydrogen-bond acceptors (Lipinski definition) is 7. The third kappa shape index (κ3) is 6.32. The first-order valence-corrected chi connectivity index (χ1v) is 7.84. The summed E-state index contributed by atoms with van der Waals surface area (Å²) in [6, 6.07) is 5.14. The minimum absolute atomic E-state index is 0.491. The summed E-state index contributed by atoms with van der Waals surface area (Å²) in [5, 5.41) is 8.75. The number of nitrogen functional groups attached to an aromatic ring is 1. The average Bonchev–Trinajstić information content (AvgIpc) is 2.77. The predicted molar refractivity (Wildman–Crippen MR) is 83.3 cm³/mol. The molecule has 0 saturated carbocycles. The number of hydrogen-bond donors (Lipinski definition) is 1. The molecule has 0 aliphatic heterocycles. The number of anilines is 1. The van der Waals surface area contributed by atoms with E-state index in [-0.39, 0.29) is 0 Å². The molecular formula is C12H16ClN5O4S. The van der Waals surface area contributed by atoms with Crippen LogP contribution in [0.1, 0.15) is 0 Å². The molecule has 126 valence electrons. The van der Waals surface area contributed by atoms with Gasteiger partial charge in [0.1, 0.15) is 5.69 Å². The Labute approximate surface area is 138 Å². The maximum atomic E-state index is 9.22. The second-order valence-corrected chi connectivity index (χ2v) is 5.86. The highest BCUT2D eigenvalue weighted by atomic mass is 35.5. The number of halogens is 1. The summed E-state index contributed by atoms with van der Waals surface area (Å²) in [7, 11) is 0.199. The average molecular weight is 362 g/mol. The van der Waals surface area contributed by atoms with Crippen LogP contribution >= 0.6 is 11.6 Å². The van der Waals surface area contributed by atoms with Gasteiger partial charge in [0.2, 0.25) is 10.4 Å². The lowest BCUT2D eigenvalue weighted by Gasteiger charge is -1.98. The zero-order valence-electron chi connectivity index (χ0n) is 12.7. The summed E-state index contributed by atoms with van der Waals surface area (Å²) >= 11 is 6.00. The lowest BCUT2D eigenvalue weighted by molar-refractivity contribution is -0.657. The molecule has 0 aliphatic rings. The van der Waals surface area contributed by atoms with Crippen LogP contribution in [-0.4, -0.2) is 24.6 Å². The van der Waals surface area contributed by atoms with E-state index in [0.29, 0.717) is 16.4 Å². The van der Waals surface area contributed by atoms with Gasteiger partial charge < -0.3 is 10.3 Å². The Hall–Kier alpha value is -2.01. The van der Waals surface area contributed by atoms with Crippen molar-refractivity contribution in [1.82, 2.24) is 4.57 Å². The largest absolute Gasteiger partial charge is 0.726 e. The first kappa shape index (κ1) is 19.0. The normalized spacial score (nSPS) is 11.3. The minimum atomic E-state index is -4.41. The fraction of sp³-hybridized carbons (Fsp3) is 0.250. The molecule has 0 bridgehead atoms. The molecule has 2 N–H and O–H groups in total. The zero-order chi connectivity index (χ0) is 17.6. The molecule has 11 heteroatoms. The van der Waals surface area contributed by atoms with E-state index in [9.17, 15) is 13.0 Å². The van der Waals surface area contributed by atoms with Crippen molar-refractivity contribution in [2.75, 3.05) is 12.8 Å². The van der Waals surface area contributed by atoms with E-state index in [2.05, 4.69) is 14.4 Å². The molecule has 2 rings (SSSR count). The fourth-order valence-electron chi connectivity index (χ4n) is 1.43. The van der Waals surface area contributed by atoms with Crippen LogP contribution in [0.3, 0.4) is 0 Å². The first-order valence-electron chi connectivity index (χ1n) is 6.13. The third-order valence-corrected chi connectivity index (χ3v) is 3.28. The van der Waals surface area contributed by atoms with Crippen LogP contribution in [0.15, 0.2) is 40.8 Å². The molecular weight excluding hydrogens is 346 g/mol. The van der Waals surface area contributed by atoms with Crippen LogP contribution in [0.25, 0.3) is 0 Å². The minimum Gasteiger partial charge on any atom is -0.726 e. The molecule has 1 aromatic carbocycles. The summed E-state index contributed by atoms with van der Waals surface area (Å²) in [5.41, 5.74) is 6.81. The highest BCUT2D eigenvalue weighted by Gasteiger charge is 2.10. The Morgan fingerprint density at radius 1 is 1.39 bits per heavy atom. The quantitative estimate of drug-likeness (QED) is 0.292. The molecule has 9 nitrogen and oxygen atoms in total. The van der Waals surface area contributed by atoms with E-state index in [1.165, 1.54) is 0 Å². The van der Waals surface area contributed by atoms with Crippen LogP contribution < -0.4 is 10.3 Å². The second-order valence-electron chi connectivity index (χ2n) is 4.31. The van der Waals surface area contributed by atoms with E-state index in [1.54, 1.807) is 18.2 Å². The van der Waals surface area contributed by atoms with Crippen LogP contribution in [-0.2, 0) is 28.7 Å². The summed E-state index contributed by atoms with van der Waals surface area (Å²) in [6.45, 7) is 0. The number of nitrogens with zero attached hydrogens (tertiary/aromatic N) is 4. The lowest BCUT2D eigenvalue weighted by atomic mass is 10.3. The number of imidazole rings is 1. The molecule has 0 unspecified atom stereocenters. The third-order valence-electron chi connectivity index (χ3n) is 2.57. The molecule has 0 fully saturated rings. The standard InChI is InChI=1S/C11H12ClN5.CH4O4S/c1-16-5-6-17(2)11(16)15-14-10-4-3-8(13)7-9(10)12;1-5-6(2,3)4/h3-7,13H,1-2H3;1H3,(H,2,3,4). The van der Waals surface area contributed by atoms with Crippen molar-refractivity contribution in [3.05, 3.63) is 35.6 Å². The van der Waals surface area contributed by atoms with Gasteiger partial charge in [0.25, 0.3) is 0 Å². The fourth-order valence-corrected chi connectivity index (χ4v) is 1.65. The first-order chi connectivity index (χ1) is 10.6. The highest BCUT2D eigenvalue weighted by molar-refractivity contribution is 7.80. The van der Waals surface area contributed by atoms with Crippen molar-refractivity contribution >= 4 is 39.3 Å². The number of aryl methyl sites for hydroxylation is 2. The van der Waals surface area contributed by atoms with E-state index in [0.717, 1.165) is 13.1 Å². The summed E-state index contributed by atoms with van der Waals surface area (Å²) in [5.74, 6) is 0.734. The maximum Gasteiger partial charge on any atom is 0.421 e. The second kappa shape index (κ2) is 8.02. The van der Waals surface area contributed by atoms with Gasteiger partial charge in [-0.1, -0.05) is 16.7 Å². The molecule has 2 aromatic rings. The van der Waals surface area contributed by atoms with Crippen LogP contribution in [0.2, 0.25) is 5.02 Å².